The molecule has 0 unspecified atom stereocenters. The van der Waals surface area contributed by atoms with Crippen molar-refractivity contribution in [3.8, 4) is 0 Å². The molecule has 0 aliphatic rings. The molecule has 0 aliphatic heterocycles. The van der Waals surface area contributed by atoms with Crippen LogP contribution in [0.3, 0.4) is 0 Å². The van der Waals surface area contributed by atoms with Crippen molar-refractivity contribution in [2.45, 2.75) is 13.8 Å². The van der Waals surface area contributed by atoms with Gasteiger partial charge in [0.05, 0.1) is 0 Å². The van der Waals surface area contributed by atoms with Crippen molar-refractivity contribution in [2.75, 3.05) is 0 Å². The fraction of sp³-hybridized carbons (Fsp3) is 0.231. The molecule has 0 aliphatic carbocycles. The first-order valence-corrected chi connectivity index (χ1v) is 4.74. The molecule has 0 saturated heterocycles. The van der Waals surface area contributed by atoms with Gasteiger partial charge >= 0.3 is 0 Å². The van der Waals surface area contributed by atoms with Crippen LogP contribution in [0.15, 0.2) is 19.2 Å². The fourth-order valence-electron chi connectivity index (χ4n) is 1.71. The molecule has 0 N–H and O–H groups in total. The maximum atomic E-state index is 3.84. The summed E-state index contributed by atoms with van der Waals surface area (Å²) in [5, 5.41) is 0. The molecule has 1 aromatic rings. The summed E-state index contributed by atoms with van der Waals surface area (Å²) in [5.41, 5.74) is 4.77. The molecule has 0 spiro atoms. The van der Waals surface area contributed by atoms with Crippen LogP contribution < -0.4 is 0 Å². The van der Waals surface area contributed by atoms with Crippen LogP contribution in [-0.2, 0) is 7.05 Å². The standard InChI is InChI=1S/C13H17N/c1-6-9-12-10(4)14(5)13(8-3)11(12)7-2/h6-9H,2-3H2,1,4-5H3/b9-6-. The van der Waals surface area contributed by atoms with Gasteiger partial charge in [-0.2, -0.15) is 0 Å². The van der Waals surface area contributed by atoms with Gasteiger partial charge in [-0.05, 0) is 19.9 Å². The van der Waals surface area contributed by atoms with E-state index >= 15 is 0 Å². The quantitative estimate of drug-likeness (QED) is 0.680. The van der Waals surface area contributed by atoms with Crippen LogP contribution in [0, 0.1) is 6.92 Å². The Kier molecular flexibility index (Phi) is 3.13. The first-order valence-electron chi connectivity index (χ1n) is 4.74. The molecule has 1 heteroatoms. The van der Waals surface area contributed by atoms with Gasteiger partial charge in [-0.25, -0.2) is 0 Å². The van der Waals surface area contributed by atoms with E-state index in [4.69, 9.17) is 0 Å². The van der Waals surface area contributed by atoms with E-state index in [2.05, 4.69) is 30.7 Å². The molecule has 1 rings (SSSR count). The number of allylic oxidation sites excluding steroid dienone is 1. The van der Waals surface area contributed by atoms with Crippen molar-refractivity contribution in [3.63, 3.8) is 0 Å². The van der Waals surface area contributed by atoms with Crippen LogP contribution >= 0.6 is 0 Å². The molecule has 1 aromatic heterocycles. The lowest BCUT2D eigenvalue weighted by molar-refractivity contribution is 0.870. The Hall–Kier alpha value is -1.50. The van der Waals surface area contributed by atoms with Crippen LogP contribution in [0.5, 0.6) is 0 Å². The fourth-order valence-corrected chi connectivity index (χ4v) is 1.71. The molecule has 0 radical (unpaired) electrons. The Labute approximate surface area is 86.1 Å². The normalized spacial score (nSPS) is 10.8. The van der Waals surface area contributed by atoms with Gasteiger partial charge in [-0.15, -0.1) is 0 Å². The van der Waals surface area contributed by atoms with E-state index in [0.717, 1.165) is 11.3 Å². The maximum absolute atomic E-state index is 3.84. The zero-order valence-corrected chi connectivity index (χ0v) is 9.17. The highest BCUT2D eigenvalue weighted by atomic mass is 15.0. The molecule has 0 amide bonds. The highest BCUT2D eigenvalue weighted by Gasteiger charge is 2.11. The molecule has 1 heterocycles. The second-order valence-electron chi connectivity index (χ2n) is 3.27. The first-order chi connectivity index (χ1) is 6.67. The van der Waals surface area contributed by atoms with Gasteiger partial charge in [0.2, 0.25) is 0 Å². The number of hydrogen-bond acceptors (Lipinski definition) is 0. The molecule has 14 heavy (non-hydrogen) atoms. The van der Waals surface area contributed by atoms with E-state index in [9.17, 15) is 0 Å². The summed E-state index contributed by atoms with van der Waals surface area (Å²) < 4.78 is 2.14. The largest absolute Gasteiger partial charge is 0.347 e. The number of rotatable bonds is 3. The number of hydrogen-bond donors (Lipinski definition) is 0. The Balaban J connectivity index is 3.55. The third-order valence-electron chi connectivity index (χ3n) is 2.55. The van der Waals surface area contributed by atoms with Crippen molar-refractivity contribution < 1.29 is 0 Å². The summed E-state index contributed by atoms with van der Waals surface area (Å²) in [6, 6.07) is 0. The topological polar surface area (TPSA) is 4.93 Å². The van der Waals surface area contributed by atoms with Gasteiger partial charge in [0.15, 0.2) is 0 Å². The average molecular weight is 187 g/mol. The summed E-state index contributed by atoms with van der Waals surface area (Å²) in [7, 11) is 2.05. The first kappa shape index (κ1) is 10.6. The van der Waals surface area contributed by atoms with Crippen molar-refractivity contribution >= 4 is 18.2 Å². The van der Waals surface area contributed by atoms with Crippen molar-refractivity contribution in [1.29, 1.82) is 0 Å². The van der Waals surface area contributed by atoms with Gasteiger partial charge in [-0.1, -0.05) is 31.4 Å². The van der Waals surface area contributed by atoms with E-state index in [-0.39, 0.29) is 0 Å². The van der Waals surface area contributed by atoms with E-state index in [0.29, 0.717) is 0 Å². The molecule has 74 valence electrons. The summed E-state index contributed by atoms with van der Waals surface area (Å²) >= 11 is 0. The predicted molar refractivity (Wildman–Crippen MR) is 65.0 cm³/mol. The summed E-state index contributed by atoms with van der Waals surface area (Å²) in [6.07, 6.45) is 7.91. The second-order valence-corrected chi connectivity index (χ2v) is 3.27. The summed E-state index contributed by atoms with van der Waals surface area (Å²) in [5.74, 6) is 0. The van der Waals surface area contributed by atoms with E-state index < -0.39 is 0 Å². The van der Waals surface area contributed by atoms with Crippen molar-refractivity contribution in [3.05, 3.63) is 41.7 Å². The Morgan fingerprint density at radius 1 is 1.14 bits per heavy atom. The Morgan fingerprint density at radius 3 is 2.21 bits per heavy atom. The number of aromatic nitrogens is 1. The smallest absolute Gasteiger partial charge is 0.0479 e. The minimum absolute atomic E-state index is 1.13. The van der Waals surface area contributed by atoms with Crippen LogP contribution in [0.25, 0.3) is 18.2 Å². The van der Waals surface area contributed by atoms with Crippen molar-refractivity contribution in [1.82, 2.24) is 4.57 Å². The molecule has 0 fully saturated rings. The SMILES string of the molecule is C=Cc1c(/C=C\C)c(C)n(C)c1C=C. The van der Waals surface area contributed by atoms with Gasteiger partial charge in [0.25, 0.3) is 0 Å². The molecule has 1 nitrogen and oxygen atoms in total. The van der Waals surface area contributed by atoms with Crippen LogP contribution in [0.4, 0.5) is 0 Å². The lowest BCUT2D eigenvalue weighted by atomic mass is 10.1. The third kappa shape index (κ3) is 1.46. The van der Waals surface area contributed by atoms with Crippen molar-refractivity contribution in [2.24, 2.45) is 7.05 Å². The van der Waals surface area contributed by atoms with E-state index in [1.165, 1.54) is 11.3 Å². The molecule has 0 atom stereocenters. The summed E-state index contributed by atoms with van der Waals surface area (Å²) in [4.78, 5) is 0. The van der Waals surface area contributed by atoms with E-state index in [1.54, 1.807) is 0 Å². The highest BCUT2D eigenvalue weighted by molar-refractivity contribution is 5.74. The average Bonchev–Trinajstić information content (AvgIpc) is 2.42. The zero-order valence-electron chi connectivity index (χ0n) is 9.17. The molecule has 0 aromatic carbocycles. The Bertz CT molecular complexity index is 392. The predicted octanol–water partition coefficient (Wildman–Crippen LogP) is 3.65. The van der Waals surface area contributed by atoms with Crippen LogP contribution in [0.2, 0.25) is 0 Å². The number of nitrogens with zero attached hydrogens (tertiary/aromatic N) is 1. The molecular formula is C13H17N. The monoisotopic (exact) mass is 187 g/mol. The van der Waals surface area contributed by atoms with E-state index in [1.807, 2.05) is 32.2 Å². The third-order valence-corrected chi connectivity index (χ3v) is 2.55. The Morgan fingerprint density at radius 2 is 1.79 bits per heavy atom. The molecule has 0 saturated carbocycles. The van der Waals surface area contributed by atoms with Gasteiger partial charge in [0, 0.05) is 29.6 Å². The lowest BCUT2D eigenvalue weighted by Crippen LogP contribution is -1.93. The minimum atomic E-state index is 1.13. The second kappa shape index (κ2) is 4.14. The maximum Gasteiger partial charge on any atom is 0.0479 e. The molecule has 0 bridgehead atoms. The molecular weight excluding hydrogens is 170 g/mol. The van der Waals surface area contributed by atoms with Crippen LogP contribution in [-0.4, -0.2) is 4.57 Å². The van der Waals surface area contributed by atoms with Gasteiger partial charge < -0.3 is 4.57 Å². The lowest BCUT2D eigenvalue weighted by Gasteiger charge is -1.99. The highest BCUT2D eigenvalue weighted by Crippen LogP contribution is 2.25. The summed E-state index contributed by atoms with van der Waals surface area (Å²) in [6.45, 7) is 11.8. The van der Waals surface area contributed by atoms with Gasteiger partial charge in [-0.3, -0.25) is 0 Å². The van der Waals surface area contributed by atoms with Gasteiger partial charge in [0.1, 0.15) is 0 Å². The minimum Gasteiger partial charge on any atom is -0.347 e. The zero-order chi connectivity index (χ0) is 10.7. The van der Waals surface area contributed by atoms with Crippen LogP contribution in [0.1, 0.15) is 29.4 Å².